The first-order chi connectivity index (χ1) is 14.8. The average molecular weight is 444 g/mol. The van der Waals surface area contributed by atoms with Gasteiger partial charge in [0.25, 0.3) is 5.91 Å². The number of rotatable bonds is 7. The quantitative estimate of drug-likeness (QED) is 0.517. The van der Waals surface area contributed by atoms with Crippen molar-refractivity contribution in [3.05, 3.63) is 29.3 Å². The van der Waals surface area contributed by atoms with Gasteiger partial charge in [0, 0.05) is 5.56 Å². The molecule has 2 N–H and O–H groups in total. The van der Waals surface area contributed by atoms with Crippen LogP contribution < -0.4 is 10.1 Å². The Balaban J connectivity index is 2.12. The van der Waals surface area contributed by atoms with Crippen molar-refractivity contribution in [2.45, 2.75) is 122 Å². The molecule has 5 atom stereocenters. The molecule has 32 heavy (non-hydrogen) atoms. The highest BCUT2D eigenvalue weighted by Gasteiger charge is 2.72. The number of hydrogen-bond acceptors (Lipinski definition) is 3. The minimum atomic E-state index is -1.05. The van der Waals surface area contributed by atoms with E-state index in [2.05, 4.69) is 78.9 Å². The van der Waals surface area contributed by atoms with Gasteiger partial charge in [-0.15, -0.1) is 0 Å². The van der Waals surface area contributed by atoms with Crippen LogP contribution in [0.4, 0.5) is 0 Å². The summed E-state index contributed by atoms with van der Waals surface area (Å²) in [6.45, 7) is 19.8. The van der Waals surface area contributed by atoms with Gasteiger partial charge in [-0.2, -0.15) is 0 Å². The summed E-state index contributed by atoms with van der Waals surface area (Å²) < 4.78 is 6.81. The second kappa shape index (κ2) is 8.34. The van der Waals surface area contributed by atoms with Crippen molar-refractivity contribution in [3.8, 4) is 5.75 Å². The van der Waals surface area contributed by atoms with E-state index in [0.29, 0.717) is 12.3 Å². The summed E-state index contributed by atoms with van der Waals surface area (Å²) >= 11 is 0. The third-order valence-electron chi connectivity index (χ3n) is 8.95. The summed E-state index contributed by atoms with van der Waals surface area (Å²) in [6.07, 6.45) is 3.64. The minimum Gasteiger partial charge on any atom is -0.475 e. The Morgan fingerprint density at radius 1 is 1.09 bits per heavy atom. The molecule has 1 spiro atoms. The highest BCUT2D eigenvalue weighted by molar-refractivity contribution is 5.96. The maximum atomic E-state index is 13.2. The van der Waals surface area contributed by atoms with Gasteiger partial charge < -0.3 is 15.2 Å². The van der Waals surface area contributed by atoms with Gasteiger partial charge in [-0.1, -0.05) is 74.4 Å². The van der Waals surface area contributed by atoms with E-state index >= 15 is 0 Å². The number of aliphatic hydroxyl groups is 1. The van der Waals surface area contributed by atoms with E-state index in [1.54, 1.807) is 0 Å². The molecule has 1 heterocycles. The van der Waals surface area contributed by atoms with Gasteiger partial charge in [0.05, 0.1) is 6.10 Å². The van der Waals surface area contributed by atoms with E-state index in [4.69, 9.17) is 4.74 Å². The van der Waals surface area contributed by atoms with Gasteiger partial charge in [-0.25, -0.2) is 0 Å². The molecular weight excluding hydrogens is 398 g/mol. The summed E-state index contributed by atoms with van der Waals surface area (Å²) in [5.41, 5.74) is 0.637. The summed E-state index contributed by atoms with van der Waals surface area (Å²) in [5.74, 6) is 1.22. The van der Waals surface area contributed by atoms with Gasteiger partial charge in [0.1, 0.15) is 11.3 Å². The molecule has 4 nitrogen and oxygen atoms in total. The molecule has 2 fully saturated rings. The van der Waals surface area contributed by atoms with Crippen LogP contribution in [0.3, 0.4) is 0 Å². The monoisotopic (exact) mass is 443 g/mol. The molecule has 1 aliphatic heterocycles. The Hall–Kier alpha value is -1.55. The zero-order valence-corrected chi connectivity index (χ0v) is 21.8. The Bertz CT molecular complexity index is 860. The van der Waals surface area contributed by atoms with Gasteiger partial charge in [0.2, 0.25) is 5.60 Å². The maximum absolute atomic E-state index is 13.2. The third kappa shape index (κ3) is 3.67. The van der Waals surface area contributed by atoms with Gasteiger partial charge in [-0.3, -0.25) is 4.79 Å². The van der Waals surface area contributed by atoms with Crippen LogP contribution in [0.2, 0.25) is 0 Å². The predicted octanol–water partition coefficient (Wildman–Crippen LogP) is 5.88. The predicted molar refractivity (Wildman–Crippen MR) is 131 cm³/mol. The zero-order chi connectivity index (χ0) is 24.1. The molecule has 0 bridgehead atoms. The first kappa shape index (κ1) is 25.1. The van der Waals surface area contributed by atoms with Crippen LogP contribution in [0, 0.1) is 11.8 Å². The summed E-state index contributed by atoms with van der Waals surface area (Å²) in [7, 11) is 0. The fourth-order valence-corrected chi connectivity index (χ4v) is 5.91. The molecule has 5 unspecified atom stereocenters. The Morgan fingerprint density at radius 3 is 2.25 bits per heavy atom. The van der Waals surface area contributed by atoms with Crippen LogP contribution in [0.15, 0.2) is 18.2 Å². The minimum absolute atomic E-state index is 0.0685. The number of carbonyl (C=O) groups excluding carboxylic acids is 1. The fraction of sp³-hybridized carbons (Fsp3) is 0.750. The van der Waals surface area contributed by atoms with Crippen molar-refractivity contribution in [1.82, 2.24) is 5.32 Å². The molecular formula is C28H45NO3. The van der Waals surface area contributed by atoms with Crippen molar-refractivity contribution in [2.75, 3.05) is 0 Å². The molecule has 1 aromatic rings. The second-order valence-corrected chi connectivity index (χ2v) is 11.9. The molecule has 1 saturated heterocycles. The van der Waals surface area contributed by atoms with E-state index in [9.17, 15) is 9.90 Å². The van der Waals surface area contributed by atoms with Crippen LogP contribution in [0.25, 0.3) is 0 Å². The molecule has 1 saturated carbocycles. The summed E-state index contributed by atoms with van der Waals surface area (Å²) in [4.78, 5) is 13.2. The van der Waals surface area contributed by atoms with E-state index in [1.807, 2.05) is 6.92 Å². The fourth-order valence-electron chi connectivity index (χ4n) is 5.91. The lowest BCUT2D eigenvalue weighted by molar-refractivity contribution is -0.202. The number of nitrogens with one attached hydrogen (secondary N) is 1. The van der Waals surface area contributed by atoms with Crippen LogP contribution >= 0.6 is 0 Å². The van der Waals surface area contributed by atoms with E-state index in [-0.39, 0.29) is 22.7 Å². The van der Waals surface area contributed by atoms with Gasteiger partial charge >= 0.3 is 0 Å². The molecule has 2 aliphatic rings. The number of ether oxygens (including phenoxy) is 1. The number of β-lactam (4-membered cyclic amide) rings is 1. The van der Waals surface area contributed by atoms with Gasteiger partial charge in [0.15, 0.2) is 0 Å². The first-order valence-corrected chi connectivity index (χ1v) is 12.6. The van der Waals surface area contributed by atoms with Gasteiger partial charge in [-0.05, 0) is 66.4 Å². The summed E-state index contributed by atoms with van der Waals surface area (Å²) in [6, 6.07) is 6.51. The first-order valence-electron chi connectivity index (χ1n) is 12.6. The van der Waals surface area contributed by atoms with Crippen molar-refractivity contribution in [2.24, 2.45) is 11.8 Å². The maximum Gasteiger partial charge on any atom is 0.267 e. The van der Waals surface area contributed by atoms with Crippen LogP contribution in [0.5, 0.6) is 5.75 Å². The lowest BCUT2D eigenvalue weighted by atomic mass is 9.56. The highest BCUT2D eigenvalue weighted by atomic mass is 16.5. The number of amides is 1. The smallest absolute Gasteiger partial charge is 0.267 e. The summed E-state index contributed by atoms with van der Waals surface area (Å²) in [5, 5.41) is 14.4. The van der Waals surface area contributed by atoms with E-state index < -0.39 is 17.2 Å². The molecule has 0 radical (unpaired) electrons. The third-order valence-corrected chi connectivity index (χ3v) is 8.95. The molecule has 1 aromatic carbocycles. The number of benzene rings is 1. The molecule has 180 valence electrons. The van der Waals surface area contributed by atoms with Crippen molar-refractivity contribution < 1.29 is 14.6 Å². The molecule has 1 amide bonds. The van der Waals surface area contributed by atoms with E-state index in [1.165, 1.54) is 5.56 Å². The Labute approximate surface area is 195 Å². The lowest BCUT2D eigenvalue weighted by Gasteiger charge is -2.63. The number of carbonyl (C=O) groups is 1. The SMILES string of the molecule is CCC(C)(C)c1ccc(OC2(CC)C(=O)NC23CC(C)CC(C)C3O)c(C(C)(C)CC)c1. The van der Waals surface area contributed by atoms with Crippen molar-refractivity contribution in [1.29, 1.82) is 0 Å². The highest BCUT2D eigenvalue weighted by Crippen LogP contribution is 2.52. The topological polar surface area (TPSA) is 58.6 Å². The average Bonchev–Trinajstić information content (AvgIpc) is 2.75. The Morgan fingerprint density at radius 2 is 1.72 bits per heavy atom. The molecule has 0 aromatic heterocycles. The number of aliphatic hydroxyl groups excluding tert-OH is 1. The zero-order valence-electron chi connectivity index (χ0n) is 21.8. The normalized spacial score (nSPS) is 33.1. The lowest BCUT2D eigenvalue weighted by Crippen LogP contribution is -2.88. The molecule has 1 aliphatic carbocycles. The molecule has 4 heteroatoms. The largest absolute Gasteiger partial charge is 0.475 e. The van der Waals surface area contributed by atoms with E-state index in [0.717, 1.165) is 37.0 Å². The van der Waals surface area contributed by atoms with Crippen molar-refractivity contribution in [3.63, 3.8) is 0 Å². The Kier molecular flexibility index (Phi) is 6.54. The standard InChI is InChI=1S/C28H45NO3/c1-10-25(6,7)20-13-14-22(21(16-20)26(8,9)11-2)32-28(12-3)24(31)29-27(28)17-18(4)15-19(5)23(27)30/h13-14,16,18-19,23,30H,10-12,15,17H2,1-9H3,(H,29,31). The van der Waals surface area contributed by atoms with Crippen LogP contribution in [0.1, 0.15) is 106 Å². The number of hydrogen-bond donors (Lipinski definition) is 2. The van der Waals surface area contributed by atoms with Crippen LogP contribution in [-0.4, -0.2) is 28.3 Å². The second-order valence-electron chi connectivity index (χ2n) is 11.9. The van der Waals surface area contributed by atoms with Crippen molar-refractivity contribution >= 4 is 5.91 Å². The van der Waals surface area contributed by atoms with Crippen LogP contribution in [-0.2, 0) is 15.6 Å². The molecule has 3 rings (SSSR count).